The van der Waals surface area contributed by atoms with E-state index in [0.717, 1.165) is 19.0 Å². The van der Waals surface area contributed by atoms with E-state index < -0.39 is 0 Å². The monoisotopic (exact) mass is 114 g/mol. The van der Waals surface area contributed by atoms with Crippen LogP contribution in [0.5, 0.6) is 0 Å². The van der Waals surface area contributed by atoms with Crippen LogP contribution in [0.4, 0.5) is 0 Å². The number of piperidine rings is 1. The number of hydrogen-bond acceptors (Lipinski definition) is 2. The molecule has 8 heavy (non-hydrogen) atoms. The van der Waals surface area contributed by atoms with E-state index in [4.69, 9.17) is 5.73 Å². The second kappa shape index (κ2) is 2.46. The molecular formula is C6H14N2. The molecule has 0 radical (unpaired) electrons. The first kappa shape index (κ1) is 6.05. The van der Waals surface area contributed by atoms with E-state index in [9.17, 15) is 0 Å². The molecule has 1 saturated heterocycles. The second-order valence-corrected chi connectivity index (χ2v) is 2.63. The highest BCUT2D eigenvalue weighted by Gasteiger charge is 2.15. The van der Waals surface area contributed by atoms with Gasteiger partial charge in [-0.2, -0.15) is 0 Å². The molecule has 1 rings (SSSR count). The Morgan fingerprint density at radius 3 is 2.75 bits per heavy atom. The summed E-state index contributed by atoms with van der Waals surface area (Å²) in [6.45, 7) is 4.36. The molecule has 1 aliphatic heterocycles. The first-order valence-electron chi connectivity index (χ1n) is 3.27. The fraction of sp³-hybridized carbons (Fsp3) is 1.00. The zero-order chi connectivity index (χ0) is 5.98. The zero-order valence-electron chi connectivity index (χ0n) is 5.35. The minimum absolute atomic E-state index is 0.392. The van der Waals surface area contributed by atoms with E-state index in [2.05, 4.69) is 12.2 Å². The number of nitrogens with one attached hydrogen (secondary N) is 1. The maximum atomic E-state index is 5.72. The Bertz CT molecular complexity index is 62.9. The van der Waals surface area contributed by atoms with Crippen molar-refractivity contribution >= 4 is 0 Å². The molecule has 0 spiro atoms. The predicted molar refractivity (Wildman–Crippen MR) is 34.6 cm³/mol. The Morgan fingerprint density at radius 2 is 2.38 bits per heavy atom. The molecule has 0 amide bonds. The molecule has 0 unspecified atom stereocenters. The van der Waals surface area contributed by atoms with Crippen molar-refractivity contribution in [3.8, 4) is 0 Å². The fourth-order valence-electron chi connectivity index (χ4n) is 1.01. The van der Waals surface area contributed by atoms with Crippen molar-refractivity contribution in [2.75, 3.05) is 13.1 Å². The maximum absolute atomic E-state index is 5.72. The standard InChI is InChI=1S/C6H14N2/c1-5-2-3-8-4-6(5)7/h5-6,8H,2-4,7H2,1H3/t5-,6+/m0/s1. The van der Waals surface area contributed by atoms with Crippen LogP contribution < -0.4 is 11.1 Å². The number of rotatable bonds is 0. The Morgan fingerprint density at radius 1 is 1.62 bits per heavy atom. The molecule has 1 fully saturated rings. The minimum atomic E-state index is 0.392. The van der Waals surface area contributed by atoms with E-state index in [0.29, 0.717) is 6.04 Å². The highest BCUT2D eigenvalue weighted by Crippen LogP contribution is 2.07. The Balaban J connectivity index is 2.28. The van der Waals surface area contributed by atoms with Gasteiger partial charge in [0.15, 0.2) is 0 Å². The molecule has 0 aromatic rings. The molecule has 0 aliphatic carbocycles. The smallest absolute Gasteiger partial charge is 0.0191 e. The summed E-state index contributed by atoms with van der Waals surface area (Å²) in [4.78, 5) is 0. The van der Waals surface area contributed by atoms with Crippen molar-refractivity contribution in [3.63, 3.8) is 0 Å². The van der Waals surface area contributed by atoms with Gasteiger partial charge in [-0.15, -0.1) is 0 Å². The molecule has 2 atom stereocenters. The van der Waals surface area contributed by atoms with Crippen molar-refractivity contribution in [2.45, 2.75) is 19.4 Å². The van der Waals surface area contributed by atoms with Gasteiger partial charge in [0, 0.05) is 12.6 Å². The van der Waals surface area contributed by atoms with Gasteiger partial charge in [0.2, 0.25) is 0 Å². The molecule has 1 heterocycles. The first-order chi connectivity index (χ1) is 3.80. The highest BCUT2D eigenvalue weighted by molar-refractivity contribution is 4.76. The van der Waals surface area contributed by atoms with Crippen molar-refractivity contribution in [2.24, 2.45) is 11.7 Å². The molecular weight excluding hydrogens is 100 g/mol. The van der Waals surface area contributed by atoms with Crippen LogP contribution in [0.2, 0.25) is 0 Å². The third-order valence-electron chi connectivity index (χ3n) is 1.89. The first-order valence-corrected chi connectivity index (χ1v) is 3.27. The van der Waals surface area contributed by atoms with Gasteiger partial charge in [0.1, 0.15) is 0 Å². The summed E-state index contributed by atoms with van der Waals surface area (Å²) in [6, 6.07) is 0.392. The van der Waals surface area contributed by atoms with Crippen molar-refractivity contribution in [3.05, 3.63) is 0 Å². The second-order valence-electron chi connectivity index (χ2n) is 2.63. The topological polar surface area (TPSA) is 38.0 Å². The van der Waals surface area contributed by atoms with E-state index in [1.807, 2.05) is 0 Å². The van der Waals surface area contributed by atoms with Crippen LogP contribution in [0.25, 0.3) is 0 Å². The summed E-state index contributed by atoms with van der Waals surface area (Å²) >= 11 is 0. The van der Waals surface area contributed by atoms with Gasteiger partial charge in [-0.3, -0.25) is 0 Å². The van der Waals surface area contributed by atoms with Crippen molar-refractivity contribution in [1.82, 2.24) is 5.32 Å². The van der Waals surface area contributed by atoms with Gasteiger partial charge < -0.3 is 11.1 Å². The van der Waals surface area contributed by atoms with Gasteiger partial charge in [0.25, 0.3) is 0 Å². The molecule has 0 saturated carbocycles. The normalized spacial score (nSPS) is 39.8. The summed E-state index contributed by atoms with van der Waals surface area (Å²) in [5.41, 5.74) is 5.72. The van der Waals surface area contributed by atoms with Crippen molar-refractivity contribution in [1.29, 1.82) is 0 Å². The quantitative estimate of drug-likeness (QED) is 0.463. The van der Waals surface area contributed by atoms with E-state index in [1.54, 1.807) is 0 Å². The van der Waals surface area contributed by atoms with Crippen molar-refractivity contribution < 1.29 is 0 Å². The Hall–Kier alpha value is -0.0800. The average molecular weight is 114 g/mol. The largest absolute Gasteiger partial charge is 0.326 e. The minimum Gasteiger partial charge on any atom is -0.326 e. The summed E-state index contributed by atoms with van der Waals surface area (Å²) in [6.07, 6.45) is 1.24. The molecule has 2 nitrogen and oxygen atoms in total. The summed E-state index contributed by atoms with van der Waals surface area (Å²) in [7, 11) is 0. The predicted octanol–water partition coefficient (Wildman–Crippen LogP) is -0.0569. The lowest BCUT2D eigenvalue weighted by Crippen LogP contribution is -2.44. The lowest BCUT2D eigenvalue weighted by atomic mass is 9.96. The molecule has 3 N–H and O–H groups in total. The Labute approximate surface area is 50.4 Å². The van der Waals surface area contributed by atoms with E-state index in [-0.39, 0.29) is 0 Å². The third kappa shape index (κ3) is 1.20. The summed E-state index contributed by atoms with van der Waals surface area (Å²) in [5, 5.41) is 3.24. The molecule has 0 aromatic heterocycles. The summed E-state index contributed by atoms with van der Waals surface area (Å²) in [5.74, 6) is 0.719. The van der Waals surface area contributed by atoms with Crippen LogP contribution in [0.1, 0.15) is 13.3 Å². The van der Waals surface area contributed by atoms with Crippen LogP contribution in [0, 0.1) is 5.92 Å². The van der Waals surface area contributed by atoms with Crippen LogP contribution in [0.3, 0.4) is 0 Å². The lowest BCUT2D eigenvalue weighted by molar-refractivity contribution is 0.348. The van der Waals surface area contributed by atoms with Crippen LogP contribution in [-0.4, -0.2) is 19.1 Å². The molecule has 1 aliphatic rings. The van der Waals surface area contributed by atoms with E-state index >= 15 is 0 Å². The number of nitrogens with two attached hydrogens (primary N) is 1. The van der Waals surface area contributed by atoms with Crippen LogP contribution in [0.15, 0.2) is 0 Å². The van der Waals surface area contributed by atoms with Gasteiger partial charge in [-0.25, -0.2) is 0 Å². The molecule has 0 aromatic carbocycles. The van der Waals surface area contributed by atoms with Gasteiger partial charge in [-0.1, -0.05) is 6.92 Å². The van der Waals surface area contributed by atoms with E-state index in [1.165, 1.54) is 6.42 Å². The SMILES string of the molecule is C[C@H]1CCNC[C@H]1N. The van der Waals surface area contributed by atoms with Crippen LogP contribution >= 0.6 is 0 Å². The summed E-state index contributed by atoms with van der Waals surface area (Å²) < 4.78 is 0. The molecule has 0 bridgehead atoms. The zero-order valence-corrected chi connectivity index (χ0v) is 5.35. The highest BCUT2D eigenvalue weighted by atomic mass is 14.9. The molecule has 48 valence electrons. The van der Waals surface area contributed by atoms with Gasteiger partial charge >= 0.3 is 0 Å². The third-order valence-corrected chi connectivity index (χ3v) is 1.89. The van der Waals surface area contributed by atoms with Gasteiger partial charge in [-0.05, 0) is 18.9 Å². The average Bonchev–Trinajstić information content (AvgIpc) is 1.77. The molecule has 2 heteroatoms. The Kier molecular flexibility index (Phi) is 1.86. The lowest BCUT2D eigenvalue weighted by Gasteiger charge is -2.25. The van der Waals surface area contributed by atoms with Gasteiger partial charge in [0.05, 0.1) is 0 Å². The maximum Gasteiger partial charge on any atom is 0.0191 e. The van der Waals surface area contributed by atoms with Crippen LogP contribution in [-0.2, 0) is 0 Å². The fourth-order valence-corrected chi connectivity index (χ4v) is 1.01. The number of hydrogen-bond donors (Lipinski definition) is 2.